The molecule has 2 aromatic carbocycles. The molecule has 0 aromatic heterocycles. The van der Waals surface area contributed by atoms with Gasteiger partial charge in [-0.15, -0.1) is 0 Å². The Labute approximate surface area is 135 Å². The standard InChI is InChI=1S/C17H17Cl2NO/c1-20-17(15-8-5-12(18)10-16(15)19)11-3-2-4-14(9-11)21-13-6-7-13/h2-5,8-10,13,17,20H,6-7H2,1H3. The third-order valence-corrected chi connectivity index (χ3v) is 4.14. The first-order valence-corrected chi connectivity index (χ1v) is 7.82. The Morgan fingerprint density at radius 1 is 1.14 bits per heavy atom. The maximum atomic E-state index is 6.33. The zero-order chi connectivity index (χ0) is 14.8. The molecule has 1 aliphatic carbocycles. The lowest BCUT2D eigenvalue weighted by Crippen LogP contribution is -2.18. The van der Waals surface area contributed by atoms with Crippen LogP contribution in [-0.4, -0.2) is 13.2 Å². The number of nitrogens with one attached hydrogen (secondary N) is 1. The van der Waals surface area contributed by atoms with Crippen molar-refractivity contribution in [3.63, 3.8) is 0 Å². The summed E-state index contributed by atoms with van der Waals surface area (Å²) in [5, 5.41) is 4.61. The maximum absolute atomic E-state index is 6.33. The van der Waals surface area contributed by atoms with Crippen LogP contribution in [0.2, 0.25) is 10.0 Å². The fourth-order valence-corrected chi connectivity index (χ4v) is 2.90. The summed E-state index contributed by atoms with van der Waals surface area (Å²) < 4.78 is 5.86. The predicted molar refractivity (Wildman–Crippen MR) is 87.5 cm³/mol. The van der Waals surface area contributed by atoms with Crippen molar-refractivity contribution in [3.05, 3.63) is 63.6 Å². The molecule has 0 radical (unpaired) electrons. The van der Waals surface area contributed by atoms with Gasteiger partial charge in [0.15, 0.2) is 0 Å². The second-order valence-electron chi connectivity index (χ2n) is 5.28. The molecule has 4 heteroatoms. The summed E-state index contributed by atoms with van der Waals surface area (Å²) in [5.41, 5.74) is 2.13. The molecular formula is C17H17Cl2NO. The van der Waals surface area contributed by atoms with Crippen molar-refractivity contribution in [1.29, 1.82) is 0 Å². The highest BCUT2D eigenvalue weighted by Crippen LogP contribution is 2.33. The van der Waals surface area contributed by atoms with Gasteiger partial charge < -0.3 is 10.1 Å². The van der Waals surface area contributed by atoms with Crippen LogP contribution in [0, 0.1) is 0 Å². The fourth-order valence-electron chi connectivity index (χ4n) is 2.38. The molecule has 0 amide bonds. The number of hydrogen-bond acceptors (Lipinski definition) is 2. The molecular weight excluding hydrogens is 305 g/mol. The lowest BCUT2D eigenvalue weighted by molar-refractivity contribution is 0.302. The van der Waals surface area contributed by atoms with E-state index in [2.05, 4.69) is 17.4 Å². The number of hydrogen-bond donors (Lipinski definition) is 1. The van der Waals surface area contributed by atoms with Crippen molar-refractivity contribution in [2.75, 3.05) is 7.05 Å². The smallest absolute Gasteiger partial charge is 0.120 e. The molecule has 110 valence electrons. The maximum Gasteiger partial charge on any atom is 0.120 e. The highest BCUT2D eigenvalue weighted by molar-refractivity contribution is 6.35. The van der Waals surface area contributed by atoms with Gasteiger partial charge in [-0.3, -0.25) is 0 Å². The van der Waals surface area contributed by atoms with Crippen LogP contribution in [0.15, 0.2) is 42.5 Å². The van der Waals surface area contributed by atoms with Crippen molar-refractivity contribution >= 4 is 23.2 Å². The third-order valence-electron chi connectivity index (χ3n) is 3.58. The van der Waals surface area contributed by atoms with E-state index in [1.54, 1.807) is 6.07 Å². The Hall–Kier alpha value is -1.22. The van der Waals surface area contributed by atoms with Crippen LogP contribution in [0.4, 0.5) is 0 Å². The average molecular weight is 322 g/mol. The first-order chi connectivity index (χ1) is 10.2. The van der Waals surface area contributed by atoms with Gasteiger partial charge in [-0.2, -0.15) is 0 Å². The molecule has 3 rings (SSSR count). The number of rotatable bonds is 5. The number of benzene rings is 2. The first-order valence-electron chi connectivity index (χ1n) is 7.06. The van der Waals surface area contributed by atoms with Gasteiger partial charge in [-0.25, -0.2) is 0 Å². The molecule has 0 heterocycles. The molecule has 0 saturated heterocycles. The Morgan fingerprint density at radius 2 is 1.95 bits per heavy atom. The summed E-state index contributed by atoms with van der Waals surface area (Å²) in [7, 11) is 1.92. The van der Waals surface area contributed by atoms with Crippen molar-refractivity contribution in [3.8, 4) is 5.75 Å². The van der Waals surface area contributed by atoms with Gasteiger partial charge in [-0.1, -0.05) is 41.4 Å². The van der Waals surface area contributed by atoms with Crippen LogP contribution in [-0.2, 0) is 0 Å². The molecule has 2 nitrogen and oxygen atoms in total. The molecule has 0 aliphatic heterocycles. The summed E-state index contributed by atoms with van der Waals surface area (Å²) in [6.45, 7) is 0. The normalized spacial score (nSPS) is 15.8. The topological polar surface area (TPSA) is 21.3 Å². The summed E-state index contributed by atoms with van der Waals surface area (Å²) in [5.74, 6) is 0.917. The monoisotopic (exact) mass is 321 g/mol. The van der Waals surface area contributed by atoms with Crippen LogP contribution in [0.3, 0.4) is 0 Å². The SMILES string of the molecule is CNC(c1cccc(OC2CC2)c1)c1ccc(Cl)cc1Cl. The zero-order valence-electron chi connectivity index (χ0n) is 11.8. The van der Waals surface area contributed by atoms with Gasteiger partial charge >= 0.3 is 0 Å². The lowest BCUT2D eigenvalue weighted by atomic mass is 9.98. The predicted octanol–water partition coefficient (Wildman–Crippen LogP) is 4.84. The number of halogens is 2. The molecule has 21 heavy (non-hydrogen) atoms. The minimum atomic E-state index is 0.0116. The Balaban J connectivity index is 1.91. The van der Waals surface area contributed by atoms with E-state index in [9.17, 15) is 0 Å². The Kier molecular flexibility index (Phi) is 4.39. The van der Waals surface area contributed by atoms with E-state index < -0.39 is 0 Å². The molecule has 1 fully saturated rings. The van der Waals surface area contributed by atoms with E-state index in [-0.39, 0.29) is 6.04 Å². The largest absolute Gasteiger partial charge is 0.490 e. The Morgan fingerprint density at radius 3 is 2.62 bits per heavy atom. The Bertz CT molecular complexity index is 640. The molecule has 1 aliphatic rings. The van der Waals surface area contributed by atoms with Crippen molar-refractivity contribution < 1.29 is 4.74 Å². The van der Waals surface area contributed by atoms with E-state index in [1.165, 1.54) is 0 Å². The quantitative estimate of drug-likeness (QED) is 0.850. The van der Waals surface area contributed by atoms with E-state index in [1.807, 2.05) is 31.3 Å². The van der Waals surface area contributed by atoms with Crippen LogP contribution in [0.25, 0.3) is 0 Å². The molecule has 2 aromatic rings. The van der Waals surface area contributed by atoms with Crippen LogP contribution >= 0.6 is 23.2 Å². The van der Waals surface area contributed by atoms with Gasteiger partial charge in [-0.05, 0) is 55.3 Å². The first kappa shape index (κ1) is 14.7. The van der Waals surface area contributed by atoms with Crippen LogP contribution in [0.5, 0.6) is 5.75 Å². The van der Waals surface area contributed by atoms with E-state index >= 15 is 0 Å². The lowest BCUT2D eigenvalue weighted by Gasteiger charge is -2.19. The molecule has 1 unspecified atom stereocenters. The van der Waals surface area contributed by atoms with Gasteiger partial charge in [0.2, 0.25) is 0 Å². The minimum absolute atomic E-state index is 0.0116. The molecule has 1 N–H and O–H groups in total. The number of ether oxygens (including phenoxy) is 1. The molecule has 0 spiro atoms. The summed E-state index contributed by atoms with van der Waals surface area (Å²) in [6, 6.07) is 13.8. The second kappa shape index (κ2) is 6.27. The average Bonchev–Trinajstić information content (AvgIpc) is 3.26. The second-order valence-corrected chi connectivity index (χ2v) is 6.12. The van der Waals surface area contributed by atoms with Gasteiger partial charge in [0, 0.05) is 10.0 Å². The van der Waals surface area contributed by atoms with Gasteiger partial charge in [0.1, 0.15) is 5.75 Å². The van der Waals surface area contributed by atoms with Crippen molar-refractivity contribution in [2.24, 2.45) is 0 Å². The van der Waals surface area contributed by atoms with Gasteiger partial charge in [0.25, 0.3) is 0 Å². The van der Waals surface area contributed by atoms with Crippen LogP contribution in [0.1, 0.15) is 30.0 Å². The summed E-state index contributed by atoms with van der Waals surface area (Å²) in [6.07, 6.45) is 2.71. The van der Waals surface area contributed by atoms with Crippen molar-refractivity contribution in [1.82, 2.24) is 5.32 Å². The molecule has 1 atom stereocenters. The van der Waals surface area contributed by atoms with Gasteiger partial charge in [0.05, 0.1) is 12.1 Å². The van der Waals surface area contributed by atoms with E-state index in [4.69, 9.17) is 27.9 Å². The molecule has 1 saturated carbocycles. The summed E-state index contributed by atoms with van der Waals surface area (Å²) >= 11 is 12.3. The fraction of sp³-hybridized carbons (Fsp3) is 0.294. The van der Waals surface area contributed by atoms with E-state index in [0.717, 1.165) is 29.7 Å². The summed E-state index contributed by atoms with van der Waals surface area (Å²) in [4.78, 5) is 0. The van der Waals surface area contributed by atoms with Crippen LogP contribution < -0.4 is 10.1 Å². The highest BCUT2D eigenvalue weighted by atomic mass is 35.5. The zero-order valence-corrected chi connectivity index (χ0v) is 13.3. The molecule has 0 bridgehead atoms. The third kappa shape index (κ3) is 3.52. The minimum Gasteiger partial charge on any atom is -0.490 e. The van der Waals surface area contributed by atoms with Crippen molar-refractivity contribution in [2.45, 2.75) is 25.0 Å². The highest BCUT2D eigenvalue weighted by Gasteiger charge is 2.24. The van der Waals surface area contributed by atoms with E-state index in [0.29, 0.717) is 16.1 Å².